The molecule has 0 radical (unpaired) electrons. The number of aliphatic carboxylic acids is 1. The van der Waals surface area contributed by atoms with Gasteiger partial charge in [-0.15, -0.1) is 0 Å². The average Bonchev–Trinajstić information content (AvgIpc) is 3.12. The molecule has 7 nitrogen and oxygen atoms in total. The summed E-state index contributed by atoms with van der Waals surface area (Å²) in [5.74, 6) is -1.47. The van der Waals surface area contributed by atoms with Crippen LogP contribution in [-0.2, 0) is 4.79 Å². The molecule has 7 heteroatoms. The van der Waals surface area contributed by atoms with Crippen molar-refractivity contribution in [1.29, 1.82) is 0 Å². The fraction of sp³-hybridized carbons (Fsp3) is 0.500. The minimum absolute atomic E-state index is 0.146. The standard InChI is InChI=1S/C16H20N4O3/c1-9(2)20-14-13(7-17-20)12(6-10(3)18-14)15(21)19-5-4-11(8-19)16(22)23/h6-7,9,11H,4-5,8H2,1-3H3,(H,22,23). The molecule has 0 aliphatic carbocycles. The molecular weight excluding hydrogens is 296 g/mol. The number of rotatable bonds is 3. The van der Waals surface area contributed by atoms with Crippen LogP contribution in [0, 0.1) is 12.8 Å². The van der Waals surface area contributed by atoms with Gasteiger partial charge in [0.2, 0.25) is 0 Å². The number of fused-ring (bicyclic) bond motifs is 1. The predicted octanol–water partition coefficient (Wildman–Crippen LogP) is 1.87. The van der Waals surface area contributed by atoms with E-state index < -0.39 is 11.9 Å². The van der Waals surface area contributed by atoms with Gasteiger partial charge in [0.1, 0.15) is 0 Å². The van der Waals surface area contributed by atoms with Crippen molar-refractivity contribution in [3.63, 3.8) is 0 Å². The second kappa shape index (κ2) is 5.64. The van der Waals surface area contributed by atoms with Crippen LogP contribution in [0.25, 0.3) is 11.0 Å². The number of amides is 1. The van der Waals surface area contributed by atoms with Gasteiger partial charge in [0.05, 0.1) is 23.1 Å². The molecule has 0 spiro atoms. The molecule has 0 aromatic carbocycles. The molecule has 1 unspecified atom stereocenters. The number of carboxylic acid groups (broad SMARTS) is 1. The first-order chi connectivity index (χ1) is 10.9. The molecule has 1 atom stereocenters. The van der Waals surface area contributed by atoms with E-state index in [1.54, 1.807) is 21.8 Å². The number of aromatic nitrogens is 3. The molecule has 2 aromatic rings. The van der Waals surface area contributed by atoms with Crippen molar-refractivity contribution in [1.82, 2.24) is 19.7 Å². The third kappa shape index (κ3) is 2.67. The maximum absolute atomic E-state index is 12.8. The highest BCUT2D eigenvalue weighted by molar-refractivity contribution is 6.05. The van der Waals surface area contributed by atoms with Crippen molar-refractivity contribution in [2.24, 2.45) is 5.92 Å². The van der Waals surface area contributed by atoms with Gasteiger partial charge < -0.3 is 10.0 Å². The van der Waals surface area contributed by atoms with Gasteiger partial charge in [-0.25, -0.2) is 9.67 Å². The van der Waals surface area contributed by atoms with Crippen LogP contribution in [0.2, 0.25) is 0 Å². The lowest BCUT2D eigenvalue weighted by molar-refractivity contribution is -0.141. The summed E-state index contributed by atoms with van der Waals surface area (Å²) >= 11 is 0. The summed E-state index contributed by atoms with van der Waals surface area (Å²) in [5, 5.41) is 14.2. The number of pyridine rings is 1. The fourth-order valence-electron chi connectivity index (χ4n) is 3.01. The van der Waals surface area contributed by atoms with Crippen LogP contribution in [0.4, 0.5) is 0 Å². The van der Waals surface area contributed by atoms with Gasteiger partial charge in [-0.3, -0.25) is 9.59 Å². The van der Waals surface area contributed by atoms with E-state index in [2.05, 4.69) is 10.1 Å². The average molecular weight is 316 g/mol. The summed E-state index contributed by atoms with van der Waals surface area (Å²) in [6.07, 6.45) is 2.17. The van der Waals surface area contributed by atoms with Gasteiger partial charge in [0.15, 0.2) is 5.65 Å². The first-order valence-electron chi connectivity index (χ1n) is 7.75. The van der Waals surface area contributed by atoms with Crippen molar-refractivity contribution < 1.29 is 14.7 Å². The Hall–Kier alpha value is -2.44. The molecule has 3 heterocycles. The third-order valence-corrected chi connectivity index (χ3v) is 4.24. The van der Waals surface area contributed by atoms with Crippen LogP contribution in [0.5, 0.6) is 0 Å². The molecule has 1 N–H and O–H groups in total. The summed E-state index contributed by atoms with van der Waals surface area (Å²) in [6, 6.07) is 1.90. The lowest BCUT2D eigenvalue weighted by Gasteiger charge is -2.17. The van der Waals surface area contributed by atoms with E-state index in [4.69, 9.17) is 5.11 Å². The van der Waals surface area contributed by atoms with Gasteiger partial charge in [-0.05, 0) is 33.3 Å². The zero-order valence-electron chi connectivity index (χ0n) is 13.5. The van der Waals surface area contributed by atoms with Crippen molar-refractivity contribution >= 4 is 22.9 Å². The Kier molecular flexibility index (Phi) is 3.79. The van der Waals surface area contributed by atoms with E-state index in [1.165, 1.54) is 0 Å². The van der Waals surface area contributed by atoms with E-state index >= 15 is 0 Å². The Morgan fingerprint density at radius 2 is 2.13 bits per heavy atom. The Morgan fingerprint density at radius 1 is 1.39 bits per heavy atom. The highest BCUT2D eigenvalue weighted by Crippen LogP contribution is 2.25. The van der Waals surface area contributed by atoms with Crippen molar-refractivity contribution in [3.05, 3.63) is 23.5 Å². The van der Waals surface area contributed by atoms with Crippen LogP contribution in [0.15, 0.2) is 12.3 Å². The second-order valence-electron chi connectivity index (χ2n) is 6.31. The van der Waals surface area contributed by atoms with Crippen LogP contribution in [-0.4, -0.2) is 49.7 Å². The zero-order chi connectivity index (χ0) is 16.7. The highest BCUT2D eigenvalue weighted by Gasteiger charge is 2.32. The molecule has 1 fully saturated rings. The molecule has 1 amide bonds. The lowest BCUT2D eigenvalue weighted by atomic mass is 10.1. The Bertz CT molecular complexity index is 781. The molecule has 1 saturated heterocycles. The van der Waals surface area contributed by atoms with E-state index in [0.717, 1.165) is 5.69 Å². The topological polar surface area (TPSA) is 88.3 Å². The van der Waals surface area contributed by atoms with E-state index in [1.807, 2.05) is 20.8 Å². The molecule has 1 aliphatic heterocycles. The molecular formula is C16H20N4O3. The molecule has 1 aliphatic rings. The first-order valence-corrected chi connectivity index (χ1v) is 7.75. The Balaban J connectivity index is 2.00. The smallest absolute Gasteiger partial charge is 0.308 e. The maximum atomic E-state index is 12.8. The number of nitrogens with zero attached hydrogens (tertiary/aromatic N) is 4. The fourth-order valence-corrected chi connectivity index (χ4v) is 3.01. The van der Waals surface area contributed by atoms with Crippen molar-refractivity contribution in [2.75, 3.05) is 13.1 Å². The molecule has 0 bridgehead atoms. The first kappa shape index (κ1) is 15.5. The molecule has 0 saturated carbocycles. The monoisotopic (exact) mass is 316 g/mol. The zero-order valence-corrected chi connectivity index (χ0v) is 13.5. The number of carboxylic acids is 1. The van der Waals surface area contributed by atoms with Gasteiger partial charge in [0, 0.05) is 24.8 Å². The van der Waals surface area contributed by atoms with Crippen LogP contribution in [0.3, 0.4) is 0 Å². The van der Waals surface area contributed by atoms with E-state index in [9.17, 15) is 9.59 Å². The SMILES string of the molecule is Cc1cc(C(=O)N2CCC(C(=O)O)C2)c2cnn(C(C)C)c2n1. The summed E-state index contributed by atoms with van der Waals surface area (Å²) in [4.78, 5) is 30.0. The molecule has 23 heavy (non-hydrogen) atoms. The minimum Gasteiger partial charge on any atom is -0.481 e. The normalized spacial score (nSPS) is 18.1. The number of aryl methyl sites for hydroxylation is 1. The number of hydrogen-bond donors (Lipinski definition) is 1. The summed E-state index contributed by atoms with van der Waals surface area (Å²) in [7, 11) is 0. The molecule has 2 aromatic heterocycles. The molecule has 3 rings (SSSR count). The second-order valence-corrected chi connectivity index (χ2v) is 6.31. The van der Waals surface area contributed by atoms with E-state index in [-0.39, 0.29) is 18.5 Å². The number of carbonyl (C=O) groups is 2. The van der Waals surface area contributed by atoms with Gasteiger partial charge in [0.25, 0.3) is 5.91 Å². The number of likely N-dealkylation sites (tertiary alicyclic amines) is 1. The van der Waals surface area contributed by atoms with Gasteiger partial charge >= 0.3 is 5.97 Å². The van der Waals surface area contributed by atoms with Crippen molar-refractivity contribution in [3.8, 4) is 0 Å². The van der Waals surface area contributed by atoms with Crippen LogP contribution >= 0.6 is 0 Å². The number of hydrogen-bond acceptors (Lipinski definition) is 4. The Morgan fingerprint density at radius 3 is 2.74 bits per heavy atom. The van der Waals surface area contributed by atoms with Crippen molar-refractivity contribution in [2.45, 2.75) is 33.2 Å². The maximum Gasteiger partial charge on any atom is 0.308 e. The number of carbonyl (C=O) groups excluding carboxylic acids is 1. The summed E-state index contributed by atoms with van der Waals surface area (Å²) < 4.78 is 1.79. The Labute approximate surface area is 133 Å². The highest BCUT2D eigenvalue weighted by atomic mass is 16.4. The largest absolute Gasteiger partial charge is 0.481 e. The summed E-state index contributed by atoms with van der Waals surface area (Å²) in [6.45, 7) is 6.59. The minimum atomic E-state index is -0.844. The van der Waals surface area contributed by atoms with Crippen LogP contribution in [0.1, 0.15) is 42.4 Å². The quantitative estimate of drug-likeness (QED) is 0.934. The van der Waals surface area contributed by atoms with E-state index in [0.29, 0.717) is 29.6 Å². The molecule has 122 valence electrons. The third-order valence-electron chi connectivity index (χ3n) is 4.24. The van der Waals surface area contributed by atoms with Crippen LogP contribution < -0.4 is 0 Å². The predicted molar refractivity (Wildman–Crippen MR) is 84.3 cm³/mol. The lowest BCUT2D eigenvalue weighted by Crippen LogP contribution is -2.30. The van der Waals surface area contributed by atoms with Gasteiger partial charge in [-0.1, -0.05) is 0 Å². The summed E-state index contributed by atoms with van der Waals surface area (Å²) in [5.41, 5.74) is 1.99. The van der Waals surface area contributed by atoms with Gasteiger partial charge in [-0.2, -0.15) is 5.10 Å².